The highest BCUT2D eigenvalue weighted by Gasteiger charge is 2.05. The molecule has 1 aromatic carbocycles. The van der Waals surface area contributed by atoms with Crippen LogP contribution in [0, 0.1) is 0 Å². The van der Waals surface area contributed by atoms with E-state index in [0.29, 0.717) is 17.4 Å². The van der Waals surface area contributed by atoms with E-state index >= 15 is 0 Å². The molecule has 0 aliphatic rings. The first kappa shape index (κ1) is 10.6. The van der Waals surface area contributed by atoms with Crippen molar-refractivity contribution >= 4 is 12.4 Å². The van der Waals surface area contributed by atoms with Crippen LogP contribution in [-0.4, -0.2) is 6.29 Å². The van der Waals surface area contributed by atoms with Crippen molar-refractivity contribution in [1.29, 1.82) is 0 Å². The normalized spacial score (nSPS) is 11.9. The second-order valence-corrected chi connectivity index (χ2v) is 2.98. The van der Waals surface area contributed by atoms with Gasteiger partial charge in [-0.3, -0.25) is 4.79 Å². The summed E-state index contributed by atoms with van der Waals surface area (Å²) in [5, 5.41) is 0. The first-order valence-corrected chi connectivity index (χ1v) is 4.15. The van der Waals surface area contributed by atoms with Gasteiger partial charge in [-0.1, -0.05) is 18.2 Å². The molecule has 0 aliphatic heterocycles. The van der Waals surface area contributed by atoms with Crippen LogP contribution in [0.25, 0.3) is 6.08 Å². The third-order valence-corrected chi connectivity index (χ3v) is 1.74. The lowest BCUT2D eigenvalue weighted by atomic mass is 10.1. The van der Waals surface area contributed by atoms with E-state index in [-0.39, 0.29) is 5.56 Å². The van der Waals surface area contributed by atoms with Gasteiger partial charge in [0.05, 0.1) is 0 Å². The van der Waals surface area contributed by atoms with Gasteiger partial charge in [-0.05, 0) is 30.2 Å². The number of allylic oxidation sites excluding steroid dienone is 1. The number of benzene rings is 1. The molecule has 0 saturated heterocycles. The predicted molar refractivity (Wildman–Crippen MR) is 51.1 cm³/mol. The number of hydrogen-bond donors (Lipinski definition) is 0. The Morgan fingerprint density at radius 3 is 2.71 bits per heavy atom. The zero-order valence-electron chi connectivity index (χ0n) is 7.71. The highest BCUT2D eigenvalue weighted by atomic mass is 19.3. The second-order valence-electron chi connectivity index (χ2n) is 2.98. The third kappa shape index (κ3) is 2.76. The molecule has 1 nitrogen and oxygen atoms in total. The van der Waals surface area contributed by atoms with Gasteiger partial charge >= 0.3 is 0 Å². The highest BCUT2D eigenvalue weighted by Crippen LogP contribution is 2.20. The van der Waals surface area contributed by atoms with Crippen molar-refractivity contribution < 1.29 is 13.6 Å². The van der Waals surface area contributed by atoms with E-state index in [9.17, 15) is 13.6 Å². The van der Waals surface area contributed by atoms with Gasteiger partial charge in [0.15, 0.2) is 0 Å². The summed E-state index contributed by atoms with van der Waals surface area (Å²) in [6, 6.07) is 5.96. The Kier molecular flexibility index (Phi) is 3.51. The molecule has 0 N–H and O–H groups in total. The second kappa shape index (κ2) is 4.65. The van der Waals surface area contributed by atoms with Crippen LogP contribution in [-0.2, 0) is 4.79 Å². The molecular formula is C11H10F2O. The van der Waals surface area contributed by atoms with Gasteiger partial charge in [0.2, 0.25) is 0 Å². The Hall–Kier alpha value is -1.51. The topological polar surface area (TPSA) is 17.1 Å². The molecule has 0 saturated carbocycles. The number of halogens is 2. The SMILES string of the molecule is C/C(C=O)=C/c1cccc(C(F)F)c1. The summed E-state index contributed by atoms with van der Waals surface area (Å²) in [7, 11) is 0. The van der Waals surface area contributed by atoms with E-state index in [4.69, 9.17) is 0 Å². The minimum atomic E-state index is -2.47. The van der Waals surface area contributed by atoms with Crippen molar-refractivity contribution in [1.82, 2.24) is 0 Å². The van der Waals surface area contributed by atoms with Crippen LogP contribution in [0.15, 0.2) is 29.8 Å². The maximum atomic E-state index is 12.3. The summed E-state index contributed by atoms with van der Waals surface area (Å²) in [5.41, 5.74) is 1.10. The van der Waals surface area contributed by atoms with Gasteiger partial charge < -0.3 is 0 Å². The van der Waals surface area contributed by atoms with E-state index < -0.39 is 6.43 Å². The molecule has 0 heterocycles. The maximum Gasteiger partial charge on any atom is 0.263 e. The molecule has 0 spiro atoms. The van der Waals surface area contributed by atoms with Crippen LogP contribution < -0.4 is 0 Å². The molecule has 0 fully saturated rings. The molecule has 0 amide bonds. The number of carbonyl (C=O) groups is 1. The van der Waals surface area contributed by atoms with Crippen LogP contribution in [0.4, 0.5) is 8.78 Å². The number of hydrogen-bond acceptors (Lipinski definition) is 1. The van der Waals surface area contributed by atoms with Gasteiger partial charge in [-0.2, -0.15) is 0 Å². The molecular weight excluding hydrogens is 186 g/mol. The Morgan fingerprint density at radius 1 is 1.43 bits per heavy atom. The number of alkyl halides is 2. The minimum Gasteiger partial charge on any atom is -0.298 e. The lowest BCUT2D eigenvalue weighted by Gasteiger charge is -2.00. The number of rotatable bonds is 3. The van der Waals surface area contributed by atoms with Gasteiger partial charge in [-0.15, -0.1) is 0 Å². The van der Waals surface area contributed by atoms with Crippen LogP contribution in [0.5, 0.6) is 0 Å². The summed E-state index contributed by atoms with van der Waals surface area (Å²) < 4.78 is 24.6. The smallest absolute Gasteiger partial charge is 0.263 e. The van der Waals surface area contributed by atoms with Gasteiger partial charge in [0, 0.05) is 5.56 Å². The Morgan fingerprint density at radius 2 is 2.14 bits per heavy atom. The first-order chi connectivity index (χ1) is 6.63. The molecule has 14 heavy (non-hydrogen) atoms. The Bertz CT molecular complexity index is 356. The van der Waals surface area contributed by atoms with Crippen molar-refractivity contribution in [3.63, 3.8) is 0 Å². The van der Waals surface area contributed by atoms with Crippen LogP contribution >= 0.6 is 0 Å². The van der Waals surface area contributed by atoms with Crippen LogP contribution in [0.3, 0.4) is 0 Å². The zero-order chi connectivity index (χ0) is 10.6. The van der Waals surface area contributed by atoms with Crippen molar-refractivity contribution in [2.24, 2.45) is 0 Å². The molecule has 0 unspecified atom stereocenters. The maximum absolute atomic E-state index is 12.3. The van der Waals surface area contributed by atoms with Gasteiger partial charge in [0.1, 0.15) is 6.29 Å². The Balaban J connectivity index is 3.00. The first-order valence-electron chi connectivity index (χ1n) is 4.15. The number of aldehydes is 1. The molecule has 0 atom stereocenters. The molecule has 0 radical (unpaired) electrons. The van der Waals surface area contributed by atoms with Gasteiger partial charge in [-0.25, -0.2) is 8.78 Å². The quantitative estimate of drug-likeness (QED) is 0.535. The predicted octanol–water partition coefficient (Wildman–Crippen LogP) is 3.23. The fraction of sp³-hybridized carbons (Fsp3) is 0.182. The summed E-state index contributed by atoms with van der Waals surface area (Å²) in [6.07, 6.45) is -0.214. The minimum absolute atomic E-state index is 0.0301. The fourth-order valence-electron chi connectivity index (χ4n) is 1.08. The van der Waals surface area contributed by atoms with Gasteiger partial charge in [0.25, 0.3) is 6.43 Å². The fourth-order valence-corrected chi connectivity index (χ4v) is 1.08. The molecule has 0 bridgehead atoms. The number of carbonyl (C=O) groups excluding carboxylic acids is 1. The highest BCUT2D eigenvalue weighted by molar-refractivity contribution is 5.80. The van der Waals surface area contributed by atoms with E-state index in [1.54, 1.807) is 25.1 Å². The molecule has 1 rings (SSSR count). The average Bonchev–Trinajstić information content (AvgIpc) is 2.18. The molecule has 0 aliphatic carbocycles. The van der Waals surface area contributed by atoms with E-state index in [1.807, 2.05) is 0 Å². The molecule has 3 heteroatoms. The summed E-state index contributed by atoms with van der Waals surface area (Å²) >= 11 is 0. The molecule has 1 aromatic rings. The summed E-state index contributed by atoms with van der Waals surface area (Å²) in [6.45, 7) is 1.63. The lowest BCUT2D eigenvalue weighted by Crippen LogP contribution is -1.85. The molecule has 0 aromatic heterocycles. The third-order valence-electron chi connectivity index (χ3n) is 1.74. The van der Waals surface area contributed by atoms with E-state index in [0.717, 1.165) is 0 Å². The van der Waals surface area contributed by atoms with Crippen LogP contribution in [0.2, 0.25) is 0 Å². The van der Waals surface area contributed by atoms with E-state index in [1.165, 1.54) is 12.1 Å². The Labute approximate surface area is 81.1 Å². The van der Waals surface area contributed by atoms with Crippen molar-refractivity contribution in [2.75, 3.05) is 0 Å². The average molecular weight is 196 g/mol. The summed E-state index contributed by atoms with van der Waals surface area (Å²) in [5.74, 6) is 0. The monoisotopic (exact) mass is 196 g/mol. The zero-order valence-corrected chi connectivity index (χ0v) is 7.71. The standard InChI is InChI=1S/C11H10F2O/c1-8(7-14)5-9-3-2-4-10(6-9)11(12)13/h2-7,11H,1H3/b8-5-. The van der Waals surface area contributed by atoms with Crippen molar-refractivity contribution in [2.45, 2.75) is 13.3 Å². The lowest BCUT2D eigenvalue weighted by molar-refractivity contribution is -0.104. The van der Waals surface area contributed by atoms with E-state index in [2.05, 4.69) is 0 Å². The van der Waals surface area contributed by atoms with Crippen molar-refractivity contribution in [3.8, 4) is 0 Å². The molecule has 74 valence electrons. The largest absolute Gasteiger partial charge is 0.298 e. The van der Waals surface area contributed by atoms with Crippen LogP contribution in [0.1, 0.15) is 24.5 Å². The van der Waals surface area contributed by atoms with Crippen molar-refractivity contribution in [3.05, 3.63) is 41.0 Å². The summed E-state index contributed by atoms with van der Waals surface area (Å²) in [4.78, 5) is 10.3.